The lowest BCUT2D eigenvalue weighted by Gasteiger charge is -2.37. The highest BCUT2D eigenvalue weighted by Gasteiger charge is 2.51. The molecular weight excluding hydrogens is 312 g/mol. The maximum Gasteiger partial charge on any atom is 0.255 e. The van der Waals surface area contributed by atoms with Crippen LogP contribution in [0, 0.1) is 0 Å². The van der Waals surface area contributed by atoms with Gasteiger partial charge in [-0.25, -0.2) is 0 Å². The Bertz CT molecular complexity index is 808. The Morgan fingerprint density at radius 1 is 1.04 bits per heavy atom. The van der Waals surface area contributed by atoms with Crippen molar-refractivity contribution in [3.63, 3.8) is 0 Å². The summed E-state index contributed by atoms with van der Waals surface area (Å²) in [5, 5.41) is 3.05. The Balaban J connectivity index is 2.06. The van der Waals surface area contributed by atoms with Crippen LogP contribution in [0.15, 0.2) is 54.6 Å². The summed E-state index contributed by atoms with van der Waals surface area (Å²) in [6, 6.07) is 17.1. The molecule has 0 spiro atoms. The minimum Gasteiger partial charge on any atom is -0.349 e. The first-order chi connectivity index (χ1) is 11.7. The molecule has 2 amide bonds. The van der Waals surface area contributed by atoms with Crippen molar-refractivity contribution < 1.29 is 9.59 Å². The van der Waals surface area contributed by atoms with E-state index >= 15 is 0 Å². The van der Waals surface area contributed by atoms with Gasteiger partial charge in [-0.1, -0.05) is 48.5 Å². The number of rotatable bonds is 3. The van der Waals surface area contributed by atoms with E-state index in [1.54, 1.807) is 11.0 Å². The first-order valence-electron chi connectivity index (χ1n) is 8.51. The van der Waals surface area contributed by atoms with Crippen LogP contribution in [-0.2, 0) is 16.9 Å². The summed E-state index contributed by atoms with van der Waals surface area (Å²) >= 11 is 0. The third kappa shape index (κ3) is 3.04. The molecule has 0 saturated heterocycles. The average Bonchev–Trinajstić information content (AvgIpc) is 2.78. The zero-order chi connectivity index (χ0) is 18.2. The fourth-order valence-electron chi connectivity index (χ4n) is 3.29. The van der Waals surface area contributed by atoms with Crippen LogP contribution in [0.1, 0.15) is 49.2 Å². The number of amides is 2. The lowest BCUT2D eigenvalue weighted by atomic mass is 9.89. The van der Waals surface area contributed by atoms with E-state index in [1.807, 2.05) is 76.2 Å². The molecule has 4 nitrogen and oxygen atoms in total. The van der Waals surface area contributed by atoms with Crippen molar-refractivity contribution >= 4 is 11.8 Å². The molecule has 25 heavy (non-hydrogen) atoms. The van der Waals surface area contributed by atoms with Crippen molar-refractivity contribution in [3.05, 3.63) is 71.3 Å². The molecule has 3 rings (SSSR count). The fraction of sp³-hybridized carbons (Fsp3) is 0.333. The SMILES string of the molecule is CC(C)(C)NC(=O)C1(C)c2ccccc2C(=O)N1Cc1ccccc1. The molecule has 4 heteroatoms. The topological polar surface area (TPSA) is 49.4 Å². The molecule has 0 radical (unpaired) electrons. The number of carbonyl (C=O) groups is 2. The van der Waals surface area contributed by atoms with Gasteiger partial charge in [-0.05, 0) is 44.9 Å². The monoisotopic (exact) mass is 336 g/mol. The predicted octanol–water partition coefficient (Wildman–Crippen LogP) is 3.47. The van der Waals surface area contributed by atoms with Gasteiger partial charge in [0.25, 0.3) is 11.8 Å². The molecule has 1 heterocycles. The van der Waals surface area contributed by atoms with Crippen LogP contribution >= 0.6 is 0 Å². The van der Waals surface area contributed by atoms with Crippen molar-refractivity contribution in [1.82, 2.24) is 10.2 Å². The van der Waals surface area contributed by atoms with Gasteiger partial charge in [0.1, 0.15) is 5.54 Å². The van der Waals surface area contributed by atoms with E-state index in [0.717, 1.165) is 11.1 Å². The molecule has 2 aromatic rings. The number of fused-ring (bicyclic) bond motifs is 1. The van der Waals surface area contributed by atoms with E-state index in [2.05, 4.69) is 5.32 Å². The zero-order valence-electron chi connectivity index (χ0n) is 15.2. The molecule has 130 valence electrons. The van der Waals surface area contributed by atoms with Gasteiger partial charge in [-0.2, -0.15) is 0 Å². The molecule has 1 aliphatic rings. The first kappa shape index (κ1) is 17.2. The smallest absolute Gasteiger partial charge is 0.255 e. The Morgan fingerprint density at radius 2 is 1.64 bits per heavy atom. The fourth-order valence-corrected chi connectivity index (χ4v) is 3.29. The average molecular weight is 336 g/mol. The van der Waals surface area contributed by atoms with E-state index < -0.39 is 5.54 Å². The summed E-state index contributed by atoms with van der Waals surface area (Å²) in [4.78, 5) is 27.9. The van der Waals surface area contributed by atoms with Crippen LogP contribution in [0.3, 0.4) is 0 Å². The van der Waals surface area contributed by atoms with Gasteiger partial charge in [0.2, 0.25) is 0 Å². The predicted molar refractivity (Wildman–Crippen MR) is 98.0 cm³/mol. The Hall–Kier alpha value is -2.62. The molecule has 0 aliphatic carbocycles. The first-order valence-corrected chi connectivity index (χ1v) is 8.51. The van der Waals surface area contributed by atoms with Crippen molar-refractivity contribution in [1.29, 1.82) is 0 Å². The van der Waals surface area contributed by atoms with Crippen LogP contribution in [0.4, 0.5) is 0 Å². The van der Waals surface area contributed by atoms with E-state index in [-0.39, 0.29) is 17.4 Å². The minimum absolute atomic E-state index is 0.106. The number of hydrogen-bond acceptors (Lipinski definition) is 2. The maximum atomic E-state index is 13.2. The number of nitrogens with zero attached hydrogens (tertiary/aromatic N) is 1. The second-order valence-corrected chi connectivity index (χ2v) is 7.70. The maximum absolute atomic E-state index is 13.2. The van der Waals surface area contributed by atoms with Crippen LogP contribution in [0.25, 0.3) is 0 Å². The standard InChI is InChI=1S/C21H24N2O2/c1-20(2,3)22-19(25)21(4)17-13-9-8-12-16(17)18(24)23(21)14-15-10-6-5-7-11-15/h5-13H,14H2,1-4H3,(H,22,25). The highest BCUT2D eigenvalue weighted by atomic mass is 16.2. The van der Waals surface area contributed by atoms with E-state index in [0.29, 0.717) is 12.1 Å². The number of benzene rings is 2. The van der Waals surface area contributed by atoms with Gasteiger partial charge >= 0.3 is 0 Å². The van der Waals surface area contributed by atoms with E-state index in [4.69, 9.17) is 0 Å². The van der Waals surface area contributed by atoms with Crippen molar-refractivity contribution in [2.75, 3.05) is 0 Å². The highest BCUT2D eigenvalue weighted by molar-refractivity contribution is 6.06. The van der Waals surface area contributed by atoms with Crippen molar-refractivity contribution in [3.8, 4) is 0 Å². The van der Waals surface area contributed by atoms with Crippen LogP contribution in [0.5, 0.6) is 0 Å². The normalized spacial score (nSPS) is 19.7. The lowest BCUT2D eigenvalue weighted by Crippen LogP contribution is -2.56. The summed E-state index contributed by atoms with van der Waals surface area (Å²) in [5.74, 6) is -0.264. The molecule has 1 atom stereocenters. The van der Waals surface area contributed by atoms with Gasteiger partial charge in [0, 0.05) is 17.6 Å². The zero-order valence-corrected chi connectivity index (χ0v) is 15.2. The molecule has 2 aromatic carbocycles. The van der Waals surface area contributed by atoms with Crippen LogP contribution < -0.4 is 5.32 Å². The lowest BCUT2D eigenvalue weighted by molar-refractivity contribution is -0.133. The number of carbonyl (C=O) groups excluding carboxylic acids is 2. The molecule has 0 aromatic heterocycles. The molecule has 0 fully saturated rings. The van der Waals surface area contributed by atoms with E-state index in [1.165, 1.54) is 0 Å². The van der Waals surface area contributed by atoms with Crippen LogP contribution in [0.2, 0.25) is 0 Å². The second kappa shape index (κ2) is 6.03. The summed E-state index contributed by atoms with van der Waals surface area (Å²) in [6.07, 6.45) is 0. The third-order valence-corrected chi connectivity index (χ3v) is 4.58. The van der Waals surface area contributed by atoms with Gasteiger partial charge in [0.15, 0.2) is 0 Å². The quantitative estimate of drug-likeness (QED) is 0.933. The van der Waals surface area contributed by atoms with Gasteiger partial charge in [-0.15, -0.1) is 0 Å². The van der Waals surface area contributed by atoms with Gasteiger partial charge in [-0.3, -0.25) is 9.59 Å². The summed E-state index contributed by atoms with van der Waals surface area (Å²) in [5.41, 5.74) is 0.955. The molecule has 1 N–H and O–H groups in total. The Labute approximate surface area is 148 Å². The molecular formula is C21H24N2O2. The number of nitrogens with one attached hydrogen (secondary N) is 1. The Morgan fingerprint density at radius 3 is 2.28 bits per heavy atom. The summed E-state index contributed by atoms with van der Waals surface area (Å²) in [6.45, 7) is 8.05. The summed E-state index contributed by atoms with van der Waals surface area (Å²) < 4.78 is 0. The second-order valence-electron chi connectivity index (χ2n) is 7.70. The number of hydrogen-bond donors (Lipinski definition) is 1. The third-order valence-electron chi connectivity index (χ3n) is 4.58. The minimum atomic E-state index is -1.03. The van der Waals surface area contributed by atoms with Crippen LogP contribution in [-0.4, -0.2) is 22.3 Å². The van der Waals surface area contributed by atoms with Gasteiger partial charge in [0.05, 0.1) is 0 Å². The molecule has 0 saturated carbocycles. The molecule has 0 bridgehead atoms. The largest absolute Gasteiger partial charge is 0.349 e. The van der Waals surface area contributed by atoms with Crippen molar-refractivity contribution in [2.24, 2.45) is 0 Å². The molecule has 1 aliphatic heterocycles. The highest BCUT2D eigenvalue weighted by Crippen LogP contribution is 2.40. The van der Waals surface area contributed by atoms with Gasteiger partial charge < -0.3 is 10.2 Å². The summed E-state index contributed by atoms with van der Waals surface area (Å²) in [7, 11) is 0. The van der Waals surface area contributed by atoms with E-state index in [9.17, 15) is 9.59 Å². The molecule has 1 unspecified atom stereocenters. The van der Waals surface area contributed by atoms with Crippen molar-refractivity contribution in [2.45, 2.75) is 45.3 Å². The Kier molecular flexibility index (Phi) is 4.15.